The largest absolute Gasteiger partial charge is 0.472 e. The van der Waals surface area contributed by atoms with Crippen LogP contribution in [0.1, 0.15) is 174 Å². The number of allylic oxidation sites excluding steroid dienone is 4. The summed E-state index contributed by atoms with van der Waals surface area (Å²) >= 11 is 0. The van der Waals surface area contributed by atoms with Crippen molar-refractivity contribution >= 4 is 19.8 Å². The Labute approximate surface area is 304 Å². The van der Waals surface area contributed by atoms with Crippen LogP contribution in [0.5, 0.6) is 0 Å². The molecule has 50 heavy (non-hydrogen) atoms. The number of esters is 2. The second-order valence-corrected chi connectivity index (χ2v) is 14.8. The average Bonchev–Trinajstić information content (AvgIpc) is 3.10. The van der Waals surface area contributed by atoms with Gasteiger partial charge in [0.15, 0.2) is 6.10 Å². The van der Waals surface area contributed by atoms with Gasteiger partial charge in [-0.05, 0) is 64.2 Å². The van der Waals surface area contributed by atoms with Gasteiger partial charge in [0, 0.05) is 12.8 Å². The first-order chi connectivity index (χ1) is 24.2. The van der Waals surface area contributed by atoms with Crippen LogP contribution in [0.3, 0.4) is 0 Å². The first-order valence-corrected chi connectivity index (χ1v) is 21.3. The molecule has 0 heterocycles. The molecule has 0 saturated heterocycles. The number of carbonyl (C=O) groups excluding carboxylic acids is 2. The lowest BCUT2D eigenvalue weighted by molar-refractivity contribution is -0.161. The number of carbonyl (C=O) groups is 2. The standard InChI is InChI=1S/C39H73O10P/c1-3-5-7-9-11-13-15-17-19-20-22-24-26-28-30-38(42)46-34-37(35-48-50(44,45)47-33-36(41)32-40)49-39(43)31-29-27-25-23-21-18-16-14-12-10-8-6-4-2/h14-17,36-37,40-41H,3-13,18-35H2,1-2H3,(H,44,45)/b16-14-,17-15-/t36-,37+/m0/s1. The molecule has 0 aliphatic carbocycles. The predicted molar refractivity (Wildman–Crippen MR) is 201 cm³/mol. The lowest BCUT2D eigenvalue weighted by Gasteiger charge is -2.20. The highest BCUT2D eigenvalue weighted by Crippen LogP contribution is 2.43. The Balaban J connectivity index is 4.37. The van der Waals surface area contributed by atoms with Gasteiger partial charge in [0.1, 0.15) is 12.7 Å². The van der Waals surface area contributed by atoms with Crippen LogP contribution in [-0.4, -0.2) is 65.7 Å². The summed E-state index contributed by atoms with van der Waals surface area (Å²) in [7, 11) is -4.61. The van der Waals surface area contributed by atoms with E-state index < -0.39 is 51.8 Å². The van der Waals surface area contributed by atoms with Crippen LogP contribution >= 0.6 is 7.82 Å². The van der Waals surface area contributed by atoms with Crippen molar-refractivity contribution < 1.29 is 47.8 Å². The van der Waals surface area contributed by atoms with Gasteiger partial charge in [0.05, 0.1) is 19.8 Å². The maximum atomic E-state index is 12.5. The number of hydrogen-bond donors (Lipinski definition) is 3. The molecule has 3 N–H and O–H groups in total. The van der Waals surface area contributed by atoms with Gasteiger partial charge in [-0.15, -0.1) is 0 Å². The fourth-order valence-corrected chi connectivity index (χ4v) is 6.01. The van der Waals surface area contributed by atoms with Gasteiger partial charge in [-0.1, -0.05) is 122 Å². The topological polar surface area (TPSA) is 149 Å². The highest BCUT2D eigenvalue weighted by atomic mass is 31.2. The number of phosphoric ester groups is 1. The molecular formula is C39H73O10P. The van der Waals surface area contributed by atoms with Gasteiger partial charge in [-0.2, -0.15) is 0 Å². The van der Waals surface area contributed by atoms with Crippen molar-refractivity contribution in [3.63, 3.8) is 0 Å². The SMILES string of the molecule is CCCCCC/C=C\CCCCCCCC(=O)O[C@H](COC(=O)CCCCCCC/C=C\CCCCCCC)COP(=O)(O)OC[C@@H](O)CO. The lowest BCUT2D eigenvalue weighted by atomic mass is 10.1. The molecule has 0 fully saturated rings. The molecule has 0 aromatic carbocycles. The Morgan fingerprint density at radius 3 is 1.46 bits per heavy atom. The van der Waals surface area contributed by atoms with E-state index in [0.717, 1.165) is 77.0 Å². The molecule has 0 aliphatic heterocycles. The van der Waals surface area contributed by atoms with E-state index in [2.05, 4.69) is 42.7 Å². The summed E-state index contributed by atoms with van der Waals surface area (Å²) in [5.41, 5.74) is 0. The van der Waals surface area contributed by atoms with E-state index in [4.69, 9.17) is 19.1 Å². The maximum Gasteiger partial charge on any atom is 0.472 e. The highest BCUT2D eigenvalue weighted by Gasteiger charge is 2.27. The monoisotopic (exact) mass is 732 g/mol. The zero-order valence-electron chi connectivity index (χ0n) is 31.6. The molecule has 0 bridgehead atoms. The van der Waals surface area contributed by atoms with Crippen LogP contribution in [0.2, 0.25) is 0 Å². The molecule has 0 radical (unpaired) electrons. The number of ether oxygens (including phenoxy) is 2. The lowest BCUT2D eigenvalue weighted by Crippen LogP contribution is -2.29. The van der Waals surface area contributed by atoms with E-state index in [1.54, 1.807) is 0 Å². The first-order valence-electron chi connectivity index (χ1n) is 19.8. The van der Waals surface area contributed by atoms with Crippen molar-refractivity contribution in [2.45, 2.75) is 187 Å². The van der Waals surface area contributed by atoms with Crippen molar-refractivity contribution in [1.29, 1.82) is 0 Å². The average molecular weight is 733 g/mol. The maximum absolute atomic E-state index is 12.5. The van der Waals surface area contributed by atoms with E-state index in [-0.39, 0.29) is 19.4 Å². The van der Waals surface area contributed by atoms with E-state index in [9.17, 15) is 24.2 Å². The van der Waals surface area contributed by atoms with Crippen LogP contribution in [0.15, 0.2) is 24.3 Å². The Bertz CT molecular complexity index is 894. The molecule has 0 aliphatic rings. The smallest absolute Gasteiger partial charge is 0.462 e. The molecule has 294 valence electrons. The number of aliphatic hydroxyl groups excluding tert-OH is 2. The molecule has 0 saturated carbocycles. The Morgan fingerprint density at radius 1 is 0.580 bits per heavy atom. The van der Waals surface area contributed by atoms with Crippen molar-refractivity contribution in [3.05, 3.63) is 24.3 Å². The molecule has 0 aromatic rings. The fourth-order valence-electron chi connectivity index (χ4n) is 5.22. The third kappa shape index (κ3) is 34.9. The number of hydrogen-bond acceptors (Lipinski definition) is 9. The van der Waals surface area contributed by atoms with E-state index >= 15 is 0 Å². The van der Waals surface area contributed by atoms with Crippen LogP contribution < -0.4 is 0 Å². The normalized spacial score (nSPS) is 14.3. The molecule has 1 unspecified atom stereocenters. The van der Waals surface area contributed by atoms with Gasteiger partial charge in [0.2, 0.25) is 0 Å². The van der Waals surface area contributed by atoms with Gasteiger partial charge in [-0.25, -0.2) is 4.57 Å². The van der Waals surface area contributed by atoms with E-state index in [1.807, 2.05) is 0 Å². The summed E-state index contributed by atoms with van der Waals surface area (Å²) < 4.78 is 32.6. The summed E-state index contributed by atoms with van der Waals surface area (Å²) in [6, 6.07) is 0. The summed E-state index contributed by atoms with van der Waals surface area (Å²) in [5, 5.41) is 18.3. The molecule has 0 rings (SSSR count). The van der Waals surface area contributed by atoms with Gasteiger partial charge in [-0.3, -0.25) is 18.6 Å². The van der Waals surface area contributed by atoms with Gasteiger partial charge >= 0.3 is 19.8 Å². The molecule has 0 aromatic heterocycles. The van der Waals surface area contributed by atoms with Gasteiger partial charge in [0.25, 0.3) is 0 Å². The number of rotatable bonds is 37. The van der Waals surface area contributed by atoms with E-state index in [0.29, 0.717) is 12.8 Å². The molecule has 0 amide bonds. The molecular weight excluding hydrogens is 659 g/mol. The number of aliphatic hydroxyl groups is 2. The second kappa shape index (κ2) is 35.8. The molecule has 11 heteroatoms. The number of unbranched alkanes of at least 4 members (excludes halogenated alkanes) is 19. The van der Waals surface area contributed by atoms with Crippen LogP contribution in [-0.2, 0) is 32.7 Å². The molecule has 10 nitrogen and oxygen atoms in total. The Morgan fingerprint density at radius 2 is 0.980 bits per heavy atom. The molecule has 0 spiro atoms. The second-order valence-electron chi connectivity index (χ2n) is 13.3. The zero-order valence-corrected chi connectivity index (χ0v) is 32.5. The Kier molecular flexibility index (Phi) is 34.7. The molecule has 3 atom stereocenters. The first kappa shape index (κ1) is 48.5. The minimum atomic E-state index is -4.61. The summed E-state index contributed by atoms with van der Waals surface area (Å²) in [6.07, 6.45) is 32.9. The summed E-state index contributed by atoms with van der Waals surface area (Å²) in [6.45, 7) is 2.33. The van der Waals surface area contributed by atoms with Crippen LogP contribution in [0, 0.1) is 0 Å². The highest BCUT2D eigenvalue weighted by molar-refractivity contribution is 7.47. The van der Waals surface area contributed by atoms with Crippen molar-refractivity contribution in [2.75, 3.05) is 26.4 Å². The van der Waals surface area contributed by atoms with E-state index in [1.165, 1.54) is 57.8 Å². The fraction of sp³-hybridized carbons (Fsp3) is 0.846. The van der Waals surface area contributed by atoms with Crippen molar-refractivity contribution in [3.8, 4) is 0 Å². The van der Waals surface area contributed by atoms with Crippen molar-refractivity contribution in [2.24, 2.45) is 0 Å². The third-order valence-electron chi connectivity index (χ3n) is 8.33. The minimum Gasteiger partial charge on any atom is -0.462 e. The summed E-state index contributed by atoms with van der Waals surface area (Å²) in [4.78, 5) is 34.8. The van der Waals surface area contributed by atoms with Crippen LogP contribution in [0.4, 0.5) is 0 Å². The predicted octanol–water partition coefficient (Wildman–Crippen LogP) is 9.83. The minimum absolute atomic E-state index is 0.174. The third-order valence-corrected chi connectivity index (χ3v) is 9.28. The van der Waals surface area contributed by atoms with Crippen LogP contribution in [0.25, 0.3) is 0 Å². The Hall–Kier alpha value is -1.55. The number of phosphoric acid groups is 1. The van der Waals surface area contributed by atoms with Crippen molar-refractivity contribution in [1.82, 2.24) is 0 Å². The summed E-state index contributed by atoms with van der Waals surface area (Å²) in [5.74, 6) is -0.944. The quantitative estimate of drug-likeness (QED) is 0.0244. The zero-order chi connectivity index (χ0) is 37.0. The van der Waals surface area contributed by atoms with Gasteiger partial charge < -0.3 is 24.6 Å².